The molecule has 0 atom stereocenters. The standard InChI is InChI=1S/C15H20O2/c1-5-14(16)17-11-10-12-8-6-7-9-13(12)15(2,3)4/h5-9H,1,10-11H2,2-4H3. The van der Waals surface area contributed by atoms with Crippen molar-refractivity contribution in [1.82, 2.24) is 0 Å². The molecule has 0 N–H and O–H groups in total. The second-order valence-electron chi connectivity index (χ2n) is 5.03. The Morgan fingerprint density at radius 3 is 2.59 bits per heavy atom. The lowest BCUT2D eigenvalue weighted by atomic mass is 9.83. The van der Waals surface area contributed by atoms with Crippen LogP contribution in [0.1, 0.15) is 31.9 Å². The van der Waals surface area contributed by atoms with Crippen molar-refractivity contribution in [2.75, 3.05) is 6.61 Å². The lowest BCUT2D eigenvalue weighted by Gasteiger charge is -2.22. The molecule has 0 aliphatic heterocycles. The minimum absolute atomic E-state index is 0.110. The van der Waals surface area contributed by atoms with Crippen LogP contribution < -0.4 is 0 Å². The van der Waals surface area contributed by atoms with Crippen molar-refractivity contribution in [3.63, 3.8) is 0 Å². The summed E-state index contributed by atoms with van der Waals surface area (Å²) in [5, 5.41) is 0. The predicted octanol–water partition coefficient (Wildman–Crippen LogP) is 3.26. The molecule has 2 nitrogen and oxygen atoms in total. The molecule has 1 aromatic carbocycles. The first kappa shape index (κ1) is 13.5. The number of carbonyl (C=O) groups is 1. The second-order valence-corrected chi connectivity index (χ2v) is 5.03. The summed E-state index contributed by atoms with van der Waals surface area (Å²) in [7, 11) is 0. The largest absolute Gasteiger partial charge is 0.462 e. The summed E-state index contributed by atoms with van der Waals surface area (Å²) in [5.41, 5.74) is 2.64. The van der Waals surface area contributed by atoms with Gasteiger partial charge in [-0.3, -0.25) is 0 Å². The Labute approximate surface area is 103 Å². The lowest BCUT2D eigenvalue weighted by Crippen LogP contribution is -2.15. The molecule has 1 rings (SSSR count). The van der Waals surface area contributed by atoms with Crippen molar-refractivity contribution in [1.29, 1.82) is 0 Å². The molecule has 0 spiro atoms. The zero-order chi connectivity index (χ0) is 12.9. The molecule has 0 unspecified atom stereocenters. The third kappa shape index (κ3) is 4.06. The minimum atomic E-state index is -0.363. The minimum Gasteiger partial charge on any atom is -0.462 e. The van der Waals surface area contributed by atoms with Crippen LogP contribution in [0.15, 0.2) is 36.9 Å². The summed E-state index contributed by atoms with van der Waals surface area (Å²) in [6.07, 6.45) is 1.93. The number of hydrogen-bond donors (Lipinski definition) is 0. The number of benzene rings is 1. The Balaban J connectivity index is 2.71. The van der Waals surface area contributed by atoms with E-state index in [1.54, 1.807) is 0 Å². The Kier molecular flexibility index (Phi) is 4.50. The number of rotatable bonds is 4. The van der Waals surface area contributed by atoms with Crippen molar-refractivity contribution in [2.24, 2.45) is 0 Å². The van der Waals surface area contributed by atoms with Gasteiger partial charge >= 0.3 is 5.97 Å². The maximum Gasteiger partial charge on any atom is 0.330 e. The van der Waals surface area contributed by atoms with Crippen LogP contribution >= 0.6 is 0 Å². The van der Waals surface area contributed by atoms with E-state index in [-0.39, 0.29) is 11.4 Å². The monoisotopic (exact) mass is 232 g/mol. The summed E-state index contributed by atoms with van der Waals surface area (Å²) in [6.45, 7) is 10.3. The Bertz CT molecular complexity index is 400. The topological polar surface area (TPSA) is 26.3 Å². The highest BCUT2D eigenvalue weighted by Gasteiger charge is 2.16. The molecule has 0 aromatic heterocycles. The number of carbonyl (C=O) groups excluding carboxylic acids is 1. The molecule has 0 saturated heterocycles. The molecule has 17 heavy (non-hydrogen) atoms. The van der Waals surface area contributed by atoms with Crippen LogP contribution in [0.3, 0.4) is 0 Å². The fraction of sp³-hybridized carbons (Fsp3) is 0.400. The molecule has 1 aromatic rings. The Morgan fingerprint density at radius 1 is 1.35 bits per heavy atom. The predicted molar refractivity (Wildman–Crippen MR) is 70.0 cm³/mol. The molecule has 0 amide bonds. The van der Waals surface area contributed by atoms with E-state index in [4.69, 9.17) is 4.74 Å². The first-order valence-electron chi connectivity index (χ1n) is 5.82. The van der Waals surface area contributed by atoms with Gasteiger partial charge in [0.1, 0.15) is 0 Å². The highest BCUT2D eigenvalue weighted by atomic mass is 16.5. The van der Waals surface area contributed by atoms with Gasteiger partial charge in [0.2, 0.25) is 0 Å². The van der Waals surface area contributed by atoms with Gasteiger partial charge in [-0.15, -0.1) is 0 Å². The van der Waals surface area contributed by atoms with E-state index in [1.165, 1.54) is 17.2 Å². The fourth-order valence-electron chi connectivity index (χ4n) is 1.79. The number of ether oxygens (including phenoxy) is 1. The van der Waals surface area contributed by atoms with E-state index in [0.29, 0.717) is 6.61 Å². The van der Waals surface area contributed by atoms with E-state index in [2.05, 4.69) is 39.5 Å². The molecular formula is C15H20O2. The maximum absolute atomic E-state index is 10.9. The highest BCUT2D eigenvalue weighted by Crippen LogP contribution is 2.25. The van der Waals surface area contributed by atoms with Crippen molar-refractivity contribution >= 4 is 5.97 Å². The third-order valence-electron chi connectivity index (χ3n) is 2.61. The summed E-state index contributed by atoms with van der Waals surface area (Å²) in [5.74, 6) is -0.363. The molecule has 0 saturated carbocycles. The molecule has 92 valence electrons. The van der Waals surface area contributed by atoms with Crippen LogP contribution in [-0.2, 0) is 21.4 Å². The van der Waals surface area contributed by atoms with Crippen LogP contribution in [0, 0.1) is 0 Å². The van der Waals surface area contributed by atoms with Gasteiger partial charge in [0.25, 0.3) is 0 Å². The van der Waals surface area contributed by atoms with E-state index >= 15 is 0 Å². The summed E-state index contributed by atoms with van der Waals surface area (Å²) in [6, 6.07) is 8.27. The summed E-state index contributed by atoms with van der Waals surface area (Å²) < 4.78 is 5.01. The van der Waals surface area contributed by atoms with Crippen molar-refractivity contribution in [2.45, 2.75) is 32.6 Å². The third-order valence-corrected chi connectivity index (χ3v) is 2.61. The van der Waals surface area contributed by atoms with Gasteiger partial charge in [0, 0.05) is 12.5 Å². The van der Waals surface area contributed by atoms with Gasteiger partial charge in [0.05, 0.1) is 6.61 Å². The van der Waals surface area contributed by atoms with Gasteiger partial charge in [-0.05, 0) is 16.5 Å². The molecular weight excluding hydrogens is 212 g/mol. The smallest absolute Gasteiger partial charge is 0.330 e. The average molecular weight is 232 g/mol. The lowest BCUT2D eigenvalue weighted by molar-refractivity contribution is -0.137. The van der Waals surface area contributed by atoms with Gasteiger partial charge in [-0.2, -0.15) is 0 Å². The quantitative estimate of drug-likeness (QED) is 0.588. The van der Waals surface area contributed by atoms with E-state index in [1.807, 2.05) is 12.1 Å². The molecule has 2 heteroatoms. The number of hydrogen-bond acceptors (Lipinski definition) is 2. The van der Waals surface area contributed by atoms with Crippen molar-refractivity contribution in [3.05, 3.63) is 48.0 Å². The first-order chi connectivity index (χ1) is 7.95. The zero-order valence-electron chi connectivity index (χ0n) is 10.8. The van der Waals surface area contributed by atoms with Gasteiger partial charge in [-0.1, -0.05) is 51.6 Å². The van der Waals surface area contributed by atoms with Crippen molar-refractivity contribution in [3.8, 4) is 0 Å². The molecule has 0 bridgehead atoms. The van der Waals surface area contributed by atoms with Crippen LogP contribution in [0.2, 0.25) is 0 Å². The van der Waals surface area contributed by atoms with Crippen molar-refractivity contribution < 1.29 is 9.53 Å². The van der Waals surface area contributed by atoms with Crippen LogP contribution in [0.25, 0.3) is 0 Å². The molecule has 0 aliphatic carbocycles. The SMILES string of the molecule is C=CC(=O)OCCc1ccccc1C(C)(C)C. The fourth-order valence-corrected chi connectivity index (χ4v) is 1.79. The van der Waals surface area contributed by atoms with E-state index in [9.17, 15) is 4.79 Å². The van der Waals surface area contributed by atoms with E-state index < -0.39 is 0 Å². The van der Waals surface area contributed by atoms with Crippen LogP contribution in [0.4, 0.5) is 0 Å². The summed E-state index contributed by atoms with van der Waals surface area (Å²) >= 11 is 0. The second kappa shape index (κ2) is 5.67. The molecule has 0 radical (unpaired) electrons. The zero-order valence-corrected chi connectivity index (χ0v) is 10.8. The Hall–Kier alpha value is -1.57. The summed E-state index contributed by atoms with van der Waals surface area (Å²) in [4.78, 5) is 10.9. The van der Waals surface area contributed by atoms with Crippen LogP contribution in [-0.4, -0.2) is 12.6 Å². The maximum atomic E-state index is 10.9. The highest BCUT2D eigenvalue weighted by molar-refractivity contribution is 5.81. The Morgan fingerprint density at radius 2 is 2.00 bits per heavy atom. The molecule has 0 aliphatic rings. The average Bonchev–Trinajstić information content (AvgIpc) is 2.28. The first-order valence-corrected chi connectivity index (χ1v) is 5.82. The molecule has 0 heterocycles. The van der Waals surface area contributed by atoms with E-state index in [0.717, 1.165) is 6.42 Å². The molecule has 0 fully saturated rings. The van der Waals surface area contributed by atoms with Gasteiger partial charge in [-0.25, -0.2) is 4.79 Å². The van der Waals surface area contributed by atoms with Crippen LogP contribution in [0.5, 0.6) is 0 Å². The number of esters is 1. The van der Waals surface area contributed by atoms with Gasteiger partial charge in [0.15, 0.2) is 0 Å². The van der Waals surface area contributed by atoms with Gasteiger partial charge < -0.3 is 4.74 Å². The normalized spacial score (nSPS) is 11.0.